The van der Waals surface area contributed by atoms with Crippen LogP contribution in [0.2, 0.25) is 10.0 Å². The fourth-order valence-electron chi connectivity index (χ4n) is 6.08. The van der Waals surface area contributed by atoms with Crippen molar-refractivity contribution in [2.24, 2.45) is 11.0 Å². The summed E-state index contributed by atoms with van der Waals surface area (Å²) in [6.45, 7) is 4.27. The highest BCUT2D eigenvalue weighted by Gasteiger charge is 2.23. The predicted octanol–water partition coefficient (Wildman–Crippen LogP) is 9.05. The third-order valence-corrected chi connectivity index (χ3v) is 9.34. The van der Waals surface area contributed by atoms with Gasteiger partial charge in [0.25, 0.3) is 0 Å². The Bertz CT molecular complexity index is 2060. The molecule has 2 aromatic heterocycles. The number of hydrogen-bond donors (Lipinski definition) is 2. The van der Waals surface area contributed by atoms with Gasteiger partial charge in [0.05, 0.1) is 12.8 Å². The monoisotopic (exact) mass is 701 g/mol. The number of aromatic nitrogens is 5. The van der Waals surface area contributed by atoms with Crippen LogP contribution in [0.4, 0.5) is 23.5 Å². The van der Waals surface area contributed by atoms with E-state index in [-0.39, 0.29) is 0 Å². The quantitative estimate of drug-likeness (QED) is 0.103. The standard InChI is InChI=1S/C39H37Cl2N9/c1-27-12-16-34(17-13-27)43-37-44-38(46-39(45-37)49-20-18-29(19-21-49)22-28-8-4-2-5-9-28)47-42-24-32-26-50(25-31-14-15-33(40)23-35(31)41)48-36(32)30-10-6-3-7-11-30/h2-17,23-24,26,29H,18-22,25H2,1H3,(H2,43,44,45,46,47)/b42-24-. The molecular formula is C39H37Cl2N9. The fraction of sp³-hybridized carbons (Fsp3) is 0.205. The number of piperidine rings is 1. The van der Waals surface area contributed by atoms with E-state index < -0.39 is 0 Å². The van der Waals surface area contributed by atoms with Gasteiger partial charge in [0.1, 0.15) is 5.69 Å². The van der Waals surface area contributed by atoms with Crippen molar-refractivity contribution in [1.82, 2.24) is 24.7 Å². The second-order valence-corrected chi connectivity index (χ2v) is 13.3. The first kappa shape index (κ1) is 33.3. The third kappa shape index (κ3) is 8.48. The molecule has 4 aromatic carbocycles. The molecule has 11 heteroatoms. The van der Waals surface area contributed by atoms with Crippen molar-refractivity contribution in [2.75, 3.05) is 28.7 Å². The normalized spacial score (nSPS) is 13.5. The molecule has 2 N–H and O–H groups in total. The van der Waals surface area contributed by atoms with Crippen LogP contribution in [0.15, 0.2) is 114 Å². The first-order valence-electron chi connectivity index (χ1n) is 16.7. The van der Waals surface area contributed by atoms with E-state index in [1.165, 1.54) is 11.1 Å². The third-order valence-electron chi connectivity index (χ3n) is 8.75. The van der Waals surface area contributed by atoms with E-state index in [2.05, 4.69) is 75.1 Å². The summed E-state index contributed by atoms with van der Waals surface area (Å²) in [4.78, 5) is 16.5. The van der Waals surface area contributed by atoms with Crippen LogP contribution in [0.3, 0.4) is 0 Å². The van der Waals surface area contributed by atoms with Crippen LogP contribution in [0.1, 0.15) is 35.1 Å². The highest BCUT2D eigenvalue weighted by atomic mass is 35.5. The molecule has 0 atom stereocenters. The zero-order valence-corrected chi connectivity index (χ0v) is 29.2. The average Bonchev–Trinajstić information content (AvgIpc) is 3.54. The molecule has 7 rings (SSSR count). The number of rotatable bonds is 11. The van der Waals surface area contributed by atoms with Crippen LogP contribution in [0.5, 0.6) is 0 Å². The van der Waals surface area contributed by atoms with Crippen molar-refractivity contribution in [3.05, 3.63) is 142 Å². The van der Waals surface area contributed by atoms with E-state index in [4.69, 9.17) is 38.3 Å². The first-order valence-corrected chi connectivity index (χ1v) is 17.5. The van der Waals surface area contributed by atoms with E-state index >= 15 is 0 Å². The van der Waals surface area contributed by atoms with E-state index in [0.717, 1.165) is 60.4 Å². The average molecular weight is 703 g/mol. The van der Waals surface area contributed by atoms with E-state index in [1.807, 2.05) is 65.5 Å². The minimum Gasteiger partial charge on any atom is -0.341 e. The SMILES string of the molecule is Cc1ccc(Nc2nc(N/N=C\c3cn(Cc4ccc(Cl)cc4Cl)nc3-c3ccccc3)nc(N3CCC(Cc4ccccc4)CC3)n2)cc1. The Morgan fingerprint density at radius 1 is 0.840 bits per heavy atom. The van der Waals surface area contributed by atoms with Gasteiger partial charge in [-0.25, -0.2) is 5.43 Å². The van der Waals surface area contributed by atoms with Crippen molar-refractivity contribution in [2.45, 2.75) is 32.7 Å². The summed E-state index contributed by atoms with van der Waals surface area (Å²) in [6, 6.07) is 34.3. The van der Waals surface area contributed by atoms with Gasteiger partial charge in [-0.2, -0.15) is 25.2 Å². The van der Waals surface area contributed by atoms with Crippen molar-refractivity contribution in [1.29, 1.82) is 0 Å². The Morgan fingerprint density at radius 3 is 2.30 bits per heavy atom. The number of anilines is 4. The number of halogens is 2. The molecular weight excluding hydrogens is 665 g/mol. The molecule has 6 aromatic rings. The molecule has 0 saturated carbocycles. The molecule has 1 saturated heterocycles. The molecule has 0 unspecified atom stereocenters. The van der Waals surface area contributed by atoms with Gasteiger partial charge in [-0.15, -0.1) is 0 Å². The maximum absolute atomic E-state index is 6.48. The van der Waals surface area contributed by atoms with Gasteiger partial charge >= 0.3 is 0 Å². The van der Waals surface area contributed by atoms with Crippen molar-refractivity contribution in [3.8, 4) is 11.3 Å². The van der Waals surface area contributed by atoms with Gasteiger partial charge in [0.2, 0.25) is 17.8 Å². The summed E-state index contributed by atoms with van der Waals surface area (Å²) in [5.74, 6) is 2.02. The van der Waals surface area contributed by atoms with Crippen molar-refractivity contribution in [3.63, 3.8) is 0 Å². The molecule has 50 heavy (non-hydrogen) atoms. The van der Waals surface area contributed by atoms with Crippen molar-refractivity contribution >= 4 is 52.9 Å². The smallest absolute Gasteiger partial charge is 0.250 e. The summed E-state index contributed by atoms with van der Waals surface area (Å²) in [5.41, 5.74) is 10.0. The Kier molecular flexibility index (Phi) is 10.3. The summed E-state index contributed by atoms with van der Waals surface area (Å²) in [6.07, 6.45) is 6.90. The highest BCUT2D eigenvalue weighted by Crippen LogP contribution is 2.27. The molecule has 0 bridgehead atoms. The number of aryl methyl sites for hydroxylation is 1. The van der Waals surface area contributed by atoms with Crippen LogP contribution in [0, 0.1) is 12.8 Å². The second-order valence-electron chi connectivity index (χ2n) is 12.5. The number of benzene rings is 4. The van der Waals surface area contributed by atoms with Crippen LogP contribution < -0.4 is 15.6 Å². The van der Waals surface area contributed by atoms with Gasteiger partial charge in [-0.3, -0.25) is 4.68 Å². The maximum Gasteiger partial charge on any atom is 0.250 e. The van der Waals surface area contributed by atoms with E-state index in [1.54, 1.807) is 12.3 Å². The van der Waals surface area contributed by atoms with Crippen LogP contribution in [0.25, 0.3) is 11.3 Å². The second kappa shape index (κ2) is 15.5. The summed E-state index contributed by atoms with van der Waals surface area (Å²) < 4.78 is 1.85. The molecule has 3 heterocycles. The van der Waals surface area contributed by atoms with E-state index in [9.17, 15) is 0 Å². The fourth-order valence-corrected chi connectivity index (χ4v) is 6.55. The van der Waals surface area contributed by atoms with Crippen molar-refractivity contribution < 1.29 is 0 Å². The molecule has 1 aliphatic heterocycles. The Labute approximate surface area is 302 Å². The molecule has 1 aliphatic rings. The first-order chi connectivity index (χ1) is 24.4. The molecule has 9 nitrogen and oxygen atoms in total. The Hall–Kier alpha value is -5.25. The molecule has 1 fully saturated rings. The lowest BCUT2D eigenvalue weighted by Gasteiger charge is -2.32. The summed E-state index contributed by atoms with van der Waals surface area (Å²) >= 11 is 12.6. The van der Waals surface area contributed by atoms with Gasteiger partial charge in [0, 0.05) is 46.1 Å². The maximum atomic E-state index is 6.48. The summed E-state index contributed by atoms with van der Waals surface area (Å²) in [5, 5.41) is 14.0. The van der Waals surface area contributed by atoms with Gasteiger partial charge in [-0.1, -0.05) is 108 Å². The Morgan fingerprint density at radius 2 is 1.56 bits per heavy atom. The predicted molar refractivity (Wildman–Crippen MR) is 204 cm³/mol. The zero-order valence-electron chi connectivity index (χ0n) is 27.7. The van der Waals surface area contributed by atoms with Gasteiger partial charge < -0.3 is 10.2 Å². The molecule has 0 aliphatic carbocycles. The number of hydrogen-bond acceptors (Lipinski definition) is 8. The lowest BCUT2D eigenvalue weighted by Crippen LogP contribution is -2.35. The highest BCUT2D eigenvalue weighted by molar-refractivity contribution is 6.35. The van der Waals surface area contributed by atoms with Crippen LogP contribution >= 0.6 is 23.2 Å². The van der Waals surface area contributed by atoms with Gasteiger partial charge in [0.15, 0.2) is 0 Å². The summed E-state index contributed by atoms with van der Waals surface area (Å²) in [7, 11) is 0. The number of hydrazone groups is 1. The minimum atomic E-state index is 0.342. The molecule has 0 radical (unpaired) electrons. The lowest BCUT2D eigenvalue weighted by molar-refractivity contribution is 0.400. The topological polar surface area (TPSA) is 96.1 Å². The zero-order chi connectivity index (χ0) is 34.3. The largest absolute Gasteiger partial charge is 0.341 e. The number of nitrogens with one attached hydrogen (secondary N) is 2. The number of nitrogens with zero attached hydrogens (tertiary/aromatic N) is 7. The lowest BCUT2D eigenvalue weighted by atomic mass is 9.90. The molecule has 0 spiro atoms. The van der Waals surface area contributed by atoms with E-state index in [0.29, 0.717) is 40.4 Å². The van der Waals surface area contributed by atoms with Gasteiger partial charge in [-0.05, 0) is 67.5 Å². The molecule has 252 valence electrons. The van der Waals surface area contributed by atoms with Crippen LogP contribution in [-0.4, -0.2) is 44.0 Å². The van der Waals surface area contributed by atoms with Crippen LogP contribution in [-0.2, 0) is 13.0 Å². The Balaban J connectivity index is 1.12. The minimum absolute atomic E-state index is 0.342. The molecule has 0 amide bonds.